The number of nitrogens with one attached hydrogen (secondary N) is 1. The minimum Gasteiger partial charge on any atom is -0.496 e. The van der Waals surface area contributed by atoms with Gasteiger partial charge in [-0.3, -0.25) is 4.79 Å². The SMILES string of the molecule is COc1csc(C(Br)c2ccc3c(c2)C(=O)NCCC3)c1. The van der Waals surface area contributed by atoms with Gasteiger partial charge in [0, 0.05) is 22.4 Å². The van der Waals surface area contributed by atoms with Crippen LogP contribution in [0.5, 0.6) is 5.75 Å². The number of carbonyl (C=O) groups is 1. The van der Waals surface area contributed by atoms with E-state index in [9.17, 15) is 4.79 Å². The van der Waals surface area contributed by atoms with Gasteiger partial charge in [-0.15, -0.1) is 11.3 Å². The monoisotopic (exact) mass is 365 g/mol. The third-order valence-corrected chi connectivity index (χ3v) is 5.96. The van der Waals surface area contributed by atoms with Gasteiger partial charge < -0.3 is 10.1 Å². The van der Waals surface area contributed by atoms with Crippen LogP contribution in [0.1, 0.15) is 37.6 Å². The zero-order valence-corrected chi connectivity index (χ0v) is 14.1. The second-order valence-corrected chi connectivity index (χ2v) is 6.89. The minimum absolute atomic E-state index is 0.0350. The molecular weight excluding hydrogens is 350 g/mol. The van der Waals surface area contributed by atoms with E-state index in [1.165, 1.54) is 4.88 Å². The van der Waals surface area contributed by atoms with Crippen molar-refractivity contribution in [1.82, 2.24) is 5.32 Å². The molecule has 0 saturated carbocycles. The smallest absolute Gasteiger partial charge is 0.251 e. The fourth-order valence-electron chi connectivity index (χ4n) is 2.50. The molecule has 3 rings (SSSR count). The number of amides is 1. The maximum atomic E-state index is 12.1. The molecule has 0 radical (unpaired) electrons. The van der Waals surface area contributed by atoms with Crippen LogP contribution in [0.3, 0.4) is 0 Å². The van der Waals surface area contributed by atoms with E-state index in [1.54, 1.807) is 18.4 Å². The van der Waals surface area contributed by atoms with Crippen molar-refractivity contribution in [2.24, 2.45) is 0 Å². The van der Waals surface area contributed by atoms with Crippen molar-refractivity contribution in [3.05, 3.63) is 51.2 Å². The van der Waals surface area contributed by atoms with Gasteiger partial charge in [0.05, 0.1) is 11.9 Å². The van der Waals surface area contributed by atoms with Crippen molar-refractivity contribution in [2.75, 3.05) is 13.7 Å². The summed E-state index contributed by atoms with van der Waals surface area (Å²) in [6.45, 7) is 0.753. The predicted octanol–water partition coefficient (Wildman–Crippen LogP) is 3.92. The van der Waals surface area contributed by atoms with Crippen LogP contribution in [0, 0.1) is 0 Å². The van der Waals surface area contributed by atoms with Gasteiger partial charge in [-0.2, -0.15) is 0 Å². The number of aryl methyl sites for hydroxylation is 1. The van der Waals surface area contributed by atoms with E-state index in [0.717, 1.165) is 41.8 Å². The Balaban J connectivity index is 1.93. The quantitative estimate of drug-likeness (QED) is 0.837. The van der Waals surface area contributed by atoms with Crippen molar-refractivity contribution >= 4 is 33.2 Å². The first-order chi connectivity index (χ1) is 10.2. The van der Waals surface area contributed by atoms with E-state index in [-0.39, 0.29) is 10.7 Å². The molecule has 1 aliphatic heterocycles. The topological polar surface area (TPSA) is 38.3 Å². The summed E-state index contributed by atoms with van der Waals surface area (Å²) in [6.07, 6.45) is 1.95. The van der Waals surface area contributed by atoms with E-state index < -0.39 is 0 Å². The van der Waals surface area contributed by atoms with E-state index in [0.29, 0.717) is 0 Å². The molecule has 21 heavy (non-hydrogen) atoms. The highest BCUT2D eigenvalue weighted by atomic mass is 79.9. The summed E-state index contributed by atoms with van der Waals surface area (Å²) >= 11 is 5.37. The van der Waals surface area contributed by atoms with Crippen molar-refractivity contribution in [1.29, 1.82) is 0 Å². The summed E-state index contributed by atoms with van der Waals surface area (Å²) in [4.78, 5) is 13.4. The zero-order valence-electron chi connectivity index (χ0n) is 11.7. The van der Waals surface area contributed by atoms with Gasteiger partial charge in [0.25, 0.3) is 5.91 Å². The molecule has 0 aliphatic carbocycles. The fourth-order valence-corrected chi connectivity index (χ4v) is 4.09. The molecule has 0 fully saturated rings. The lowest BCUT2D eigenvalue weighted by Crippen LogP contribution is -2.22. The Morgan fingerprint density at radius 2 is 2.24 bits per heavy atom. The molecule has 0 saturated heterocycles. The third-order valence-electron chi connectivity index (χ3n) is 3.66. The van der Waals surface area contributed by atoms with Crippen LogP contribution in [-0.2, 0) is 6.42 Å². The Morgan fingerprint density at radius 1 is 1.38 bits per heavy atom. The van der Waals surface area contributed by atoms with Crippen LogP contribution >= 0.6 is 27.3 Å². The molecule has 1 N–H and O–H groups in total. The number of thiophene rings is 1. The second kappa shape index (κ2) is 6.20. The van der Waals surface area contributed by atoms with Crippen LogP contribution in [0.4, 0.5) is 0 Å². The van der Waals surface area contributed by atoms with Gasteiger partial charge in [0.15, 0.2) is 0 Å². The number of alkyl halides is 1. The summed E-state index contributed by atoms with van der Waals surface area (Å²) in [5.74, 6) is 0.903. The normalized spacial score (nSPS) is 15.8. The molecule has 110 valence electrons. The van der Waals surface area contributed by atoms with Crippen LogP contribution in [0.25, 0.3) is 0 Å². The molecule has 3 nitrogen and oxygen atoms in total. The fraction of sp³-hybridized carbons (Fsp3) is 0.312. The number of carbonyl (C=O) groups excluding carboxylic acids is 1. The Kier molecular flexibility index (Phi) is 4.31. The largest absolute Gasteiger partial charge is 0.496 e. The van der Waals surface area contributed by atoms with Crippen molar-refractivity contribution < 1.29 is 9.53 Å². The lowest BCUT2D eigenvalue weighted by molar-refractivity contribution is 0.0956. The van der Waals surface area contributed by atoms with E-state index in [1.807, 2.05) is 17.5 Å². The predicted molar refractivity (Wildman–Crippen MR) is 88.7 cm³/mol. The number of halogens is 1. The van der Waals surface area contributed by atoms with E-state index in [2.05, 4.69) is 33.4 Å². The molecule has 0 spiro atoms. The number of fused-ring (bicyclic) bond motifs is 1. The first kappa shape index (κ1) is 14.6. The molecule has 1 amide bonds. The Hall–Kier alpha value is -1.33. The maximum absolute atomic E-state index is 12.1. The van der Waals surface area contributed by atoms with Gasteiger partial charge >= 0.3 is 0 Å². The summed E-state index contributed by atoms with van der Waals surface area (Å²) in [6, 6.07) is 8.20. The van der Waals surface area contributed by atoms with Crippen molar-refractivity contribution in [3.8, 4) is 5.75 Å². The van der Waals surface area contributed by atoms with Crippen molar-refractivity contribution in [3.63, 3.8) is 0 Å². The van der Waals surface area contributed by atoms with Crippen LogP contribution in [0.2, 0.25) is 0 Å². The van der Waals surface area contributed by atoms with Gasteiger partial charge in [0.1, 0.15) is 5.75 Å². The summed E-state index contributed by atoms with van der Waals surface area (Å²) in [7, 11) is 1.67. The average molecular weight is 366 g/mol. The van der Waals surface area contributed by atoms with Gasteiger partial charge in [-0.25, -0.2) is 0 Å². The Labute approximate surface area is 136 Å². The Morgan fingerprint density at radius 3 is 3.00 bits per heavy atom. The number of hydrogen-bond donors (Lipinski definition) is 1. The standard InChI is InChI=1S/C16H16BrNO2S/c1-20-12-8-14(21-9-12)15(17)11-5-4-10-3-2-6-18-16(19)13(10)7-11/h4-5,7-9,15H,2-3,6H2,1H3,(H,18,19). The van der Waals surface area contributed by atoms with Crippen LogP contribution < -0.4 is 10.1 Å². The number of ether oxygens (including phenoxy) is 1. The molecule has 1 aromatic carbocycles. The average Bonchev–Trinajstić information content (AvgIpc) is 2.92. The lowest BCUT2D eigenvalue weighted by atomic mass is 9.99. The number of benzene rings is 1. The first-order valence-corrected chi connectivity index (χ1v) is 8.66. The highest BCUT2D eigenvalue weighted by molar-refractivity contribution is 9.09. The number of methoxy groups -OCH3 is 1. The molecule has 0 bridgehead atoms. The minimum atomic E-state index is 0.0350. The molecule has 1 aliphatic rings. The summed E-state index contributed by atoms with van der Waals surface area (Å²) in [5.41, 5.74) is 3.03. The molecule has 5 heteroatoms. The first-order valence-electron chi connectivity index (χ1n) is 6.86. The summed E-state index contributed by atoms with van der Waals surface area (Å²) < 4.78 is 5.23. The van der Waals surface area contributed by atoms with Crippen LogP contribution in [-0.4, -0.2) is 19.6 Å². The molecular formula is C16H16BrNO2S. The van der Waals surface area contributed by atoms with Gasteiger partial charge in [-0.1, -0.05) is 28.1 Å². The molecule has 1 aromatic heterocycles. The van der Waals surface area contributed by atoms with E-state index >= 15 is 0 Å². The lowest BCUT2D eigenvalue weighted by Gasteiger charge is -2.12. The van der Waals surface area contributed by atoms with E-state index in [4.69, 9.17) is 4.74 Å². The van der Waals surface area contributed by atoms with Gasteiger partial charge in [0.2, 0.25) is 0 Å². The number of rotatable bonds is 3. The Bertz CT molecular complexity index is 668. The van der Waals surface area contributed by atoms with Gasteiger partial charge in [-0.05, 0) is 36.1 Å². The highest BCUT2D eigenvalue weighted by Gasteiger charge is 2.19. The van der Waals surface area contributed by atoms with Crippen molar-refractivity contribution in [2.45, 2.75) is 17.7 Å². The molecule has 2 heterocycles. The van der Waals surface area contributed by atoms with Crippen LogP contribution in [0.15, 0.2) is 29.6 Å². The highest BCUT2D eigenvalue weighted by Crippen LogP contribution is 2.37. The molecule has 1 atom stereocenters. The zero-order chi connectivity index (χ0) is 14.8. The molecule has 1 unspecified atom stereocenters. The maximum Gasteiger partial charge on any atom is 0.251 e. The summed E-state index contributed by atoms with van der Waals surface area (Å²) in [5, 5.41) is 4.93. The molecule has 2 aromatic rings. The second-order valence-electron chi connectivity index (χ2n) is 5.03. The third kappa shape index (κ3) is 2.99. The number of hydrogen-bond acceptors (Lipinski definition) is 3.